The van der Waals surface area contributed by atoms with Crippen molar-refractivity contribution in [3.8, 4) is 0 Å². The number of hydrogen-bond donors (Lipinski definition) is 1. The number of nitrogen functional groups attached to an aromatic ring is 1. The highest BCUT2D eigenvalue weighted by Gasteiger charge is 2.15. The summed E-state index contributed by atoms with van der Waals surface area (Å²) in [7, 11) is -3.32. The standard InChI is InChI=1S/C15H17NO2S/c1-11-3-5-13(6-4-11)10-19(17,18)14-7-8-15(16)12(2)9-14/h3-9H,10,16H2,1-2H3. The van der Waals surface area contributed by atoms with Crippen LogP contribution in [-0.4, -0.2) is 8.42 Å². The monoisotopic (exact) mass is 275 g/mol. The molecule has 3 nitrogen and oxygen atoms in total. The fraction of sp³-hybridized carbons (Fsp3) is 0.200. The second kappa shape index (κ2) is 5.05. The summed E-state index contributed by atoms with van der Waals surface area (Å²) in [5, 5.41) is 0. The van der Waals surface area contributed by atoms with Crippen LogP contribution < -0.4 is 5.73 Å². The summed E-state index contributed by atoms with van der Waals surface area (Å²) >= 11 is 0. The Kier molecular flexibility index (Phi) is 3.62. The molecule has 0 radical (unpaired) electrons. The second-order valence-electron chi connectivity index (χ2n) is 4.76. The Balaban J connectivity index is 2.32. The van der Waals surface area contributed by atoms with Crippen molar-refractivity contribution in [3.05, 3.63) is 59.2 Å². The van der Waals surface area contributed by atoms with Crippen molar-refractivity contribution in [2.75, 3.05) is 5.73 Å². The summed E-state index contributed by atoms with van der Waals surface area (Å²) in [5.41, 5.74) is 9.00. The maximum Gasteiger partial charge on any atom is 0.182 e. The zero-order valence-electron chi connectivity index (χ0n) is 11.1. The minimum absolute atomic E-state index is 0.0106. The van der Waals surface area contributed by atoms with Gasteiger partial charge in [-0.25, -0.2) is 8.42 Å². The summed E-state index contributed by atoms with van der Waals surface area (Å²) in [5.74, 6) is 0.0106. The molecule has 4 heteroatoms. The molecule has 0 bridgehead atoms. The zero-order chi connectivity index (χ0) is 14.0. The average Bonchev–Trinajstić information content (AvgIpc) is 2.35. The molecular formula is C15H17NO2S. The molecule has 0 aliphatic rings. The van der Waals surface area contributed by atoms with Gasteiger partial charge in [-0.1, -0.05) is 29.8 Å². The molecule has 0 spiro atoms. The molecule has 0 amide bonds. The van der Waals surface area contributed by atoms with Gasteiger partial charge in [0.2, 0.25) is 0 Å². The molecule has 0 atom stereocenters. The predicted octanol–water partition coefficient (Wildman–Crippen LogP) is 2.86. The fourth-order valence-corrected chi connectivity index (χ4v) is 3.26. The zero-order valence-corrected chi connectivity index (χ0v) is 11.9. The molecular weight excluding hydrogens is 258 g/mol. The largest absolute Gasteiger partial charge is 0.399 e. The van der Waals surface area contributed by atoms with Gasteiger partial charge in [-0.2, -0.15) is 0 Å². The summed E-state index contributed by atoms with van der Waals surface area (Å²) in [4.78, 5) is 0.319. The Morgan fingerprint density at radius 3 is 2.21 bits per heavy atom. The minimum Gasteiger partial charge on any atom is -0.399 e. The van der Waals surface area contributed by atoms with Crippen molar-refractivity contribution in [2.45, 2.75) is 24.5 Å². The van der Waals surface area contributed by atoms with E-state index in [4.69, 9.17) is 5.73 Å². The van der Waals surface area contributed by atoms with Gasteiger partial charge in [-0.05, 0) is 43.2 Å². The van der Waals surface area contributed by atoms with Crippen LogP contribution in [0.4, 0.5) is 5.69 Å². The number of nitrogens with two attached hydrogens (primary N) is 1. The minimum atomic E-state index is -3.32. The van der Waals surface area contributed by atoms with E-state index in [0.717, 1.165) is 16.7 Å². The van der Waals surface area contributed by atoms with E-state index < -0.39 is 9.84 Å². The lowest BCUT2D eigenvalue weighted by Gasteiger charge is -2.07. The molecule has 0 unspecified atom stereocenters. The molecule has 0 aromatic heterocycles. The number of sulfone groups is 1. The first-order valence-corrected chi connectivity index (χ1v) is 7.68. The van der Waals surface area contributed by atoms with Gasteiger partial charge >= 0.3 is 0 Å². The molecule has 100 valence electrons. The van der Waals surface area contributed by atoms with Crippen LogP contribution in [-0.2, 0) is 15.6 Å². The molecule has 2 rings (SSSR count). The predicted molar refractivity (Wildman–Crippen MR) is 77.7 cm³/mol. The number of rotatable bonds is 3. The first kappa shape index (κ1) is 13.6. The number of hydrogen-bond acceptors (Lipinski definition) is 3. The Bertz CT molecular complexity index is 689. The number of anilines is 1. The molecule has 2 N–H and O–H groups in total. The molecule has 0 fully saturated rings. The Morgan fingerprint density at radius 2 is 1.63 bits per heavy atom. The number of benzene rings is 2. The molecule has 0 aliphatic carbocycles. The van der Waals surface area contributed by atoms with Gasteiger partial charge < -0.3 is 5.73 Å². The normalized spacial score (nSPS) is 11.5. The van der Waals surface area contributed by atoms with Crippen LogP contribution in [0.5, 0.6) is 0 Å². The summed E-state index contributed by atoms with van der Waals surface area (Å²) in [6.45, 7) is 3.78. The lowest BCUT2D eigenvalue weighted by molar-refractivity contribution is 0.595. The third kappa shape index (κ3) is 3.15. The van der Waals surface area contributed by atoms with Gasteiger partial charge in [-0.3, -0.25) is 0 Å². The van der Waals surface area contributed by atoms with Crippen molar-refractivity contribution in [3.63, 3.8) is 0 Å². The Labute approximate surface area is 114 Å². The Hall–Kier alpha value is -1.81. The highest BCUT2D eigenvalue weighted by molar-refractivity contribution is 7.90. The van der Waals surface area contributed by atoms with Crippen LogP contribution in [0.2, 0.25) is 0 Å². The van der Waals surface area contributed by atoms with Crippen molar-refractivity contribution in [1.82, 2.24) is 0 Å². The molecule has 0 saturated heterocycles. The van der Waals surface area contributed by atoms with Crippen LogP contribution >= 0.6 is 0 Å². The third-order valence-corrected chi connectivity index (χ3v) is 4.76. The lowest BCUT2D eigenvalue weighted by Crippen LogP contribution is -2.06. The highest BCUT2D eigenvalue weighted by Crippen LogP contribution is 2.21. The molecule has 0 heterocycles. The lowest BCUT2D eigenvalue weighted by atomic mass is 10.2. The summed E-state index contributed by atoms with van der Waals surface area (Å²) < 4.78 is 24.6. The summed E-state index contributed by atoms with van der Waals surface area (Å²) in [6, 6.07) is 12.3. The van der Waals surface area contributed by atoms with Gasteiger partial charge in [-0.15, -0.1) is 0 Å². The maximum absolute atomic E-state index is 12.3. The SMILES string of the molecule is Cc1ccc(CS(=O)(=O)c2ccc(N)c(C)c2)cc1. The van der Waals surface area contributed by atoms with Gasteiger partial charge in [0.25, 0.3) is 0 Å². The van der Waals surface area contributed by atoms with Crippen molar-refractivity contribution >= 4 is 15.5 Å². The van der Waals surface area contributed by atoms with E-state index in [1.54, 1.807) is 25.1 Å². The average molecular weight is 275 g/mol. The topological polar surface area (TPSA) is 60.2 Å². The van der Waals surface area contributed by atoms with Gasteiger partial charge in [0.1, 0.15) is 0 Å². The smallest absolute Gasteiger partial charge is 0.182 e. The first-order valence-electron chi connectivity index (χ1n) is 6.03. The van der Waals surface area contributed by atoms with Crippen LogP contribution in [0.25, 0.3) is 0 Å². The first-order chi connectivity index (χ1) is 8.88. The molecule has 2 aromatic rings. The number of aryl methyl sites for hydroxylation is 2. The maximum atomic E-state index is 12.3. The molecule has 19 heavy (non-hydrogen) atoms. The van der Waals surface area contributed by atoms with Gasteiger partial charge in [0.05, 0.1) is 10.6 Å². The third-order valence-electron chi connectivity index (χ3n) is 3.08. The molecule has 2 aromatic carbocycles. The van der Waals surface area contributed by atoms with E-state index in [1.807, 2.05) is 31.2 Å². The van der Waals surface area contributed by atoms with E-state index in [1.165, 1.54) is 0 Å². The quantitative estimate of drug-likeness (QED) is 0.876. The highest BCUT2D eigenvalue weighted by atomic mass is 32.2. The van der Waals surface area contributed by atoms with Gasteiger partial charge in [0, 0.05) is 5.69 Å². The second-order valence-corrected chi connectivity index (χ2v) is 6.75. The molecule has 0 saturated carbocycles. The van der Waals surface area contributed by atoms with Crippen LogP contribution in [0, 0.1) is 13.8 Å². The van der Waals surface area contributed by atoms with Crippen LogP contribution in [0.1, 0.15) is 16.7 Å². The van der Waals surface area contributed by atoms with E-state index in [9.17, 15) is 8.42 Å². The fourth-order valence-electron chi connectivity index (χ4n) is 1.83. The molecule has 0 aliphatic heterocycles. The van der Waals surface area contributed by atoms with Gasteiger partial charge in [0.15, 0.2) is 9.84 Å². The van der Waals surface area contributed by atoms with E-state index in [2.05, 4.69) is 0 Å². The summed E-state index contributed by atoms with van der Waals surface area (Å²) in [6.07, 6.45) is 0. The van der Waals surface area contributed by atoms with E-state index in [-0.39, 0.29) is 5.75 Å². The van der Waals surface area contributed by atoms with Crippen molar-refractivity contribution in [1.29, 1.82) is 0 Å². The van der Waals surface area contributed by atoms with E-state index in [0.29, 0.717) is 10.6 Å². The van der Waals surface area contributed by atoms with Crippen molar-refractivity contribution in [2.24, 2.45) is 0 Å². The van der Waals surface area contributed by atoms with Crippen LogP contribution in [0.15, 0.2) is 47.4 Å². The van der Waals surface area contributed by atoms with E-state index >= 15 is 0 Å². The van der Waals surface area contributed by atoms with Crippen molar-refractivity contribution < 1.29 is 8.42 Å². The van der Waals surface area contributed by atoms with Crippen LogP contribution in [0.3, 0.4) is 0 Å². The Morgan fingerprint density at radius 1 is 1.00 bits per heavy atom.